The SMILES string of the molecule is Cc1ccc(-c2noc(CSCC(=O)Nc3ccc(C(=O)N(C)C)cc3)n2)cc1. The van der Waals surface area contributed by atoms with E-state index in [-0.39, 0.29) is 17.6 Å². The molecule has 0 aliphatic rings. The molecule has 0 saturated heterocycles. The van der Waals surface area contributed by atoms with E-state index in [4.69, 9.17) is 4.52 Å². The zero-order valence-corrected chi connectivity index (χ0v) is 17.3. The first kappa shape index (κ1) is 20.6. The fraction of sp³-hybridized carbons (Fsp3) is 0.238. The fourth-order valence-corrected chi connectivity index (χ4v) is 3.17. The molecule has 0 bridgehead atoms. The number of aromatic nitrogens is 2. The first-order valence-corrected chi connectivity index (χ1v) is 10.2. The Bertz CT molecular complexity index is 982. The van der Waals surface area contributed by atoms with E-state index in [2.05, 4.69) is 15.5 Å². The number of hydrogen-bond donors (Lipinski definition) is 1. The minimum absolute atomic E-state index is 0.0806. The molecular weight excluding hydrogens is 388 g/mol. The second kappa shape index (κ2) is 9.38. The lowest BCUT2D eigenvalue weighted by atomic mass is 10.1. The van der Waals surface area contributed by atoms with Crippen molar-refractivity contribution in [1.82, 2.24) is 15.0 Å². The van der Waals surface area contributed by atoms with E-state index in [9.17, 15) is 9.59 Å². The van der Waals surface area contributed by atoms with Gasteiger partial charge in [-0.2, -0.15) is 4.98 Å². The molecule has 2 aromatic carbocycles. The molecule has 0 fully saturated rings. The zero-order valence-electron chi connectivity index (χ0n) is 16.5. The van der Waals surface area contributed by atoms with Gasteiger partial charge in [-0.05, 0) is 31.2 Å². The van der Waals surface area contributed by atoms with Gasteiger partial charge in [-0.25, -0.2) is 0 Å². The van der Waals surface area contributed by atoms with Gasteiger partial charge >= 0.3 is 0 Å². The second-order valence-corrected chi connectivity index (χ2v) is 7.68. The number of carbonyl (C=O) groups excluding carboxylic acids is 2. The molecule has 3 rings (SSSR count). The van der Waals surface area contributed by atoms with Crippen LogP contribution in [0.5, 0.6) is 0 Å². The molecule has 0 atom stereocenters. The molecule has 1 aromatic heterocycles. The summed E-state index contributed by atoms with van der Waals surface area (Å²) in [7, 11) is 3.39. The van der Waals surface area contributed by atoms with Gasteiger partial charge in [0.1, 0.15) is 0 Å². The molecule has 0 saturated carbocycles. The number of hydrogen-bond acceptors (Lipinski definition) is 6. The molecule has 8 heteroatoms. The first-order chi connectivity index (χ1) is 13.9. The van der Waals surface area contributed by atoms with Gasteiger partial charge in [0.05, 0.1) is 11.5 Å². The van der Waals surface area contributed by atoms with Gasteiger partial charge in [0, 0.05) is 30.9 Å². The van der Waals surface area contributed by atoms with Crippen molar-refractivity contribution >= 4 is 29.3 Å². The number of amides is 2. The monoisotopic (exact) mass is 410 g/mol. The van der Waals surface area contributed by atoms with E-state index in [1.54, 1.807) is 38.4 Å². The smallest absolute Gasteiger partial charge is 0.253 e. The standard InChI is InChI=1S/C21H22N4O3S/c1-14-4-6-15(7-5-14)20-23-19(28-24-20)13-29-12-18(26)22-17-10-8-16(9-11-17)21(27)25(2)3/h4-11H,12-13H2,1-3H3,(H,22,26). The molecule has 7 nitrogen and oxygen atoms in total. The second-order valence-electron chi connectivity index (χ2n) is 6.70. The summed E-state index contributed by atoms with van der Waals surface area (Å²) in [4.78, 5) is 29.9. The third-order valence-corrected chi connectivity index (χ3v) is 4.98. The number of aryl methyl sites for hydroxylation is 1. The Morgan fingerprint density at radius 2 is 1.76 bits per heavy atom. The fourth-order valence-electron chi connectivity index (χ4n) is 2.52. The van der Waals surface area contributed by atoms with E-state index >= 15 is 0 Å². The summed E-state index contributed by atoms with van der Waals surface area (Å²) < 4.78 is 5.25. The van der Waals surface area contributed by atoms with E-state index in [0.717, 1.165) is 11.1 Å². The van der Waals surface area contributed by atoms with Crippen LogP contribution in [0.1, 0.15) is 21.8 Å². The lowest BCUT2D eigenvalue weighted by Gasteiger charge is -2.10. The quantitative estimate of drug-likeness (QED) is 0.640. The molecule has 0 spiro atoms. The van der Waals surface area contributed by atoms with Gasteiger partial charge in [-0.15, -0.1) is 11.8 Å². The maximum Gasteiger partial charge on any atom is 0.253 e. The van der Waals surface area contributed by atoms with Crippen LogP contribution in [0.4, 0.5) is 5.69 Å². The topological polar surface area (TPSA) is 88.3 Å². The Balaban J connectivity index is 1.46. The Morgan fingerprint density at radius 1 is 1.07 bits per heavy atom. The number of thioether (sulfide) groups is 1. The van der Waals surface area contributed by atoms with Crippen LogP contribution < -0.4 is 5.32 Å². The van der Waals surface area contributed by atoms with Crippen LogP contribution in [-0.2, 0) is 10.5 Å². The van der Waals surface area contributed by atoms with Crippen molar-refractivity contribution in [3.05, 3.63) is 65.5 Å². The number of anilines is 1. The lowest BCUT2D eigenvalue weighted by Crippen LogP contribution is -2.21. The van der Waals surface area contributed by atoms with E-state index in [1.807, 2.05) is 31.2 Å². The van der Waals surface area contributed by atoms with Crippen molar-refractivity contribution in [1.29, 1.82) is 0 Å². The van der Waals surface area contributed by atoms with Crippen LogP contribution >= 0.6 is 11.8 Å². The maximum absolute atomic E-state index is 12.1. The van der Waals surface area contributed by atoms with Gasteiger partial charge in [0.15, 0.2) is 0 Å². The van der Waals surface area contributed by atoms with Gasteiger partial charge in [-0.1, -0.05) is 35.0 Å². The summed E-state index contributed by atoms with van der Waals surface area (Å²) in [6.45, 7) is 2.02. The summed E-state index contributed by atoms with van der Waals surface area (Å²) >= 11 is 1.39. The summed E-state index contributed by atoms with van der Waals surface area (Å²) in [6, 6.07) is 14.7. The van der Waals surface area contributed by atoms with Crippen LogP contribution in [-0.4, -0.2) is 46.7 Å². The number of nitrogens with zero attached hydrogens (tertiary/aromatic N) is 3. The normalized spacial score (nSPS) is 10.6. The highest BCUT2D eigenvalue weighted by Crippen LogP contribution is 2.19. The Hall–Kier alpha value is -3.13. The molecule has 0 radical (unpaired) electrons. The van der Waals surface area contributed by atoms with Gasteiger partial charge in [0.25, 0.3) is 5.91 Å². The van der Waals surface area contributed by atoms with Crippen LogP contribution in [0, 0.1) is 6.92 Å². The molecule has 1 N–H and O–H groups in total. The molecule has 1 heterocycles. The van der Waals surface area contributed by atoms with Crippen LogP contribution in [0.25, 0.3) is 11.4 Å². The molecule has 150 valence electrons. The molecule has 2 amide bonds. The minimum Gasteiger partial charge on any atom is -0.345 e. The van der Waals surface area contributed by atoms with E-state index < -0.39 is 0 Å². The van der Waals surface area contributed by atoms with Crippen LogP contribution in [0.2, 0.25) is 0 Å². The highest BCUT2D eigenvalue weighted by molar-refractivity contribution is 7.99. The predicted octanol–water partition coefficient (Wildman–Crippen LogP) is 3.62. The molecule has 0 unspecified atom stereocenters. The Kier molecular flexibility index (Phi) is 6.66. The Labute approximate surface area is 173 Å². The number of carbonyl (C=O) groups is 2. The summed E-state index contributed by atoms with van der Waals surface area (Å²) in [5, 5.41) is 6.79. The number of benzene rings is 2. The first-order valence-electron chi connectivity index (χ1n) is 9.01. The van der Waals surface area contributed by atoms with Crippen molar-refractivity contribution in [2.45, 2.75) is 12.7 Å². The molecule has 0 aliphatic heterocycles. The summed E-state index contributed by atoms with van der Waals surface area (Å²) in [5.74, 6) is 1.49. The van der Waals surface area contributed by atoms with Crippen molar-refractivity contribution in [2.24, 2.45) is 0 Å². The van der Waals surface area contributed by atoms with Crippen molar-refractivity contribution in [3.8, 4) is 11.4 Å². The zero-order chi connectivity index (χ0) is 20.8. The number of rotatable bonds is 7. The third kappa shape index (κ3) is 5.68. The predicted molar refractivity (Wildman–Crippen MR) is 114 cm³/mol. The minimum atomic E-state index is -0.139. The average Bonchev–Trinajstić information content (AvgIpc) is 3.17. The highest BCUT2D eigenvalue weighted by Gasteiger charge is 2.11. The van der Waals surface area contributed by atoms with E-state index in [1.165, 1.54) is 16.7 Å². The maximum atomic E-state index is 12.1. The van der Waals surface area contributed by atoms with Gasteiger partial charge < -0.3 is 14.7 Å². The summed E-state index contributed by atoms with van der Waals surface area (Å²) in [5.41, 5.74) is 3.27. The van der Waals surface area contributed by atoms with Crippen molar-refractivity contribution in [2.75, 3.05) is 25.2 Å². The van der Waals surface area contributed by atoms with E-state index in [0.29, 0.717) is 28.7 Å². The summed E-state index contributed by atoms with van der Waals surface area (Å²) in [6.07, 6.45) is 0. The van der Waals surface area contributed by atoms with Gasteiger partial charge in [0.2, 0.25) is 17.6 Å². The van der Waals surface area contributed by atoms with Crippen molar-refractivity contribution in [3.63, 3.8) is 0 Å². The lowest BCUT2D eigenvalue weighted by molar-refractivity contribution is -0.113. The average molecular weight is 410 g/mol. The van der Waals surface area contributed by atoms with Crippen LogP contribution in [0.15, 0.2) is 53.1 Å². The third-order valence-electron chi connectivity index (χ3n) is 4.06. The molecule has 0 aliphatic carbocycles. The van der Waals surface area contributed by atoms with Crippen molar-refractivity contribution < 1.29 is 14.1 Å². The molecule has 29 heavy (non-hydrogen) atoms. The Morgan fingerprint density at radius 3 is 2.41 bits per heavy atom. The highest BCUT2D eigenvalue weighted by atomic mass is 32.2. The largest absolute Gasteiger partial charge is 0.345 e. The number of nitrogens with one attached hydrogen (secondary N) is 1. The van der Waals surface area contributed by atoms with Crippen LogP contribution in [0.3, 0.4) is 0 Å². The van der Waals surface area contributed by atoms with Gasteiger partial charge in [-0.3, -0.25) is 9.59 Å². The molecule has 3 aromatic rings. The molecular formula is C21H22N4O3S.